The van der Waals surface area contributed by atoms with Gasteiger partial charge in [-0.25, -0.2) is 21.9 Å². The molecular weight excluding hydrogens is 389 g/mol. The van der Waals surface area contributed by atoms with Crippen molar-refractivity contribution in [3.63, 3.8) is 0 Å². The molecule has 0 heterocycles. The number of methoxy groups -OCH3 is 1. The van der Waals surface area contributed by atoms with E-state index >= 15 is 0 Å². The quantitative estimate of drug-likeness (QED) is 0.516. The van der Waals surface area contributed by atoms with Gasteiger partial charge in [0.1, 0.15) is 18.2 Å². The monoisotopic (exact) mass is 409 g/mol. The van der Waals surface area contributed by atoms with Crippen LogP contribution < -0.4 is 4.74 Å². The van der Waals surface area contributed by atoms with Crippen LogP contribution in [0.4, 0.5) is 4.39 Å². The summed E-state index contributed by atoms with van der Waals surface area (Å²) in [6.07, 6.45) is 0. The van der Waals surface area contributed by atoms with Crippen molar-refractivity contribution in [3.8, 4) is 5.75 Å². The molecule has 0 radical (unpaired) electrons. The molecule has 0 saturated carbocycles. The van der Waals surface area contributed by atoms with Crippen LogP contribution in [-0.2, 0) is 21.4 Å². The van der Waals surface area contributed by atoms with E-state index in [9.17, 15) is 22.4 Å². The summed E-state index contributed by atoms with van der Waals surface area (Å²) in [4.78, 5) is 23.6. The Labute approximate surface area is 162 Å². The maximum Gasteiger partial charge on any atom is 0.341 e. The first kappa shape index (κ1) is 21.5. The molecule has 0 unspecified atom stereocenters. The highest BCUT2D eigenvalue weighted by atomic mass is 32.2. The summed E-state index contributed by atoms with van der Waals surface area (Å²) < 4.78 is 49.7. The van der Waals surface area contributed by atoms with Gasteiger partial charge in [0, 0.05) is 25.2 Å². The van der Waals surface area contributed by atoms with Crippen molar-refractivity contribution in [2.24, 2.45) is 0 Å². The minimum atomic E-state index is -3.84. The molecule has 0 aliphatic heterocycles. The Morgan fingerprint density at radius 2 is 1.79 bits per heavy atom. The first-order chi connectivity index (χ1) is 13.1. The molecule has 0 aliphatic carbocycles. The molecule has 0 fully saturated rings. The number of ether oxygens (including phenoxy) is 2. The van der Waals surface area contributed by atoms with E-state index in [4.69, 9.17) is 9.47 Å². The average molecular weight is 409 g/mol. The van der Waals surface area contributed by atoms with Gasteiger partial charge < -0.3 is 9.47 Å². The predicted molar refractivity (Wildman–Crippen MR) is 99.4 cm³/mol. The van der Waals surface area contributed by atoms with E-state index < -0.39 is 27.4 Å². The van der Waals surface area contributed by atoms with Gasteiger partial charge in [-0.2, -0.15) is 0 Å². The summed E-state index contributed by atoms with van der Waals surface area (Å²) in [7, 11) is 0.228. The van der Waals surface area contributed by atoms with Crippen molar-refractivity contribution >= 4 is 21.8 Å². The summed E-state index contributed by atoms with van der Waals surface area (Å²) >= 11 is 0. The van der Waals surface area contributed by atoms with Crippen molar-refractivity contribution in [3.05, 3.63) is 58.9 Å². The van der Waals surface area contributed by atoms with E-state index in [2.05, 4.69) is 0 Å². The minimum absolute atomic E-state index is 0.178. The topological polar surface area (TPSA) is 90.0 Å². The van der Waals surface area contributed by atoms with Crippen LogP contribution in [0.5, 0.6) is 5.75 Å². The number of halogens is 1. The molecule has 150 valence electrons. The molecule has 28 heavy (non-hydrogen) atoms. The molecule has 2 rings (SSSR count). The van der Waals surface area contributed by atoms with Crippen LogP contribution >= 0.6 is 0 Å². The third kappa shape index (κ3) is 4.55. The van der Waals surface area contributed by atoms with E-state index in [0.29, 0.717) is 16.9 Å². The Balaban J connectivity index is 2.29. The number of hydrogen-bond acceptors (Lipinski definition) is 6. The fraction of sp³-hybridized carbons (Fsp3) is 0.263. The van der Waals surface area contributed by atoms with Crippen LogP contribution in [0.2, 0.25) is 0 Å². The number of hydrogen-bond donors (Lipinski definition) is 0. The fourth-order valence-corrected chi connectivity index (χ4v) is 3.29. The van der Waals surface area contributed by atoms with Crippen LogP contribution in [0.25, 0.3) is 0 Å². The third-order valence-electron chi connectivity index (χ3n) is 3.98. The Hall–Kier alpha value is -2.78. The molecule has 0 N–H and O–H groups in total. The summed E-state index contributed by atoms with van der Waals surface area (Å²) in [5.41, 5.74) is 0.308. The van der Waals surface area contributed by atoms with Gasteiger partial charge in [0.05, 0.1) is 17.6 Å². The summed E-state index contributed by atoms with van der Waals surface area (Å²) in [5.74, 6) is -1.74. The fourth-order valence-electron chi connectivity index (χ4n) is 2.36. The number of nitrogens with zero attached hydrogens (tertiary/aromatic N) is 1. The van der Waals surface area contributed by atoms with Crippen molar-refractivity contribution in [1.82, 2.24) is 4.31 Å². The maximum absolute atomic E-state index is 14.1. The maximum atomic E-state index is 14.1. The van der Waals surface area contributed by atoms with Crippen LogP contribution in [0.3, 0.4) is 0 Å². The van der Waals surface area contributed by atoms with Crippen molar-refractivity contribution in [2.45, 2.75) is 18.4 Å². The van der Waals surface area contributed by atoms with Crippen molar-refractivity contribution in [1.29, 1.82) is 0 Å². The smallest absolute Gasteiger partial charge is 0.341 e. The SMILES string of the molecule is COc1ccc(C(C)=O)cc1COC(=O)c1cc(S(=O)(=O)N(C)C)ccc1F. The molecule has 0 atom stereocenters. The van der Waals surface area contributed by atoms with Gasteiger partial charge in [-0.3, -0.25) is 4.79 Å². The van der Waals surface area contributed by atoms with E-state index in [1.165, 1.54) is 34.2 Å². The average Bonchev–Trinajstić information content (AvgIpc) is 2.65. The molecule has 0 spiro atoms. The zero-order chi connectivity index (χ0) is 21.1. The molecule has 2 aromatic rings. The molecule has 2 aromatic carbocycles. The highest BCUT2D eigenvalue weighted by Crippen LogP contribution is 2.23. The van der Waals surface area contributed by atoms with Gasteiger partial charge in [0.2, 0.25) is 10.0 Å². The molecule has 7 nitrogen and oxygen atoms in total. The molecule has 9 heteroatoms. The summed E-state index contributed by atoms with van der Waals surface area (Å²) in [6.45, 7) is 1.11. The van der Waals surface area contributed by atoms with E-state index in [1.54, 1.807) is 12.1 Å². The van der Waals surface area contributed by atoms with Gasteiger partial charge in [-0.1, -0.05) is 0 Å². The zero-order valence-corrected chi connectivity index (χ0v) is 16.7. The van der Waals surface area contributed by atoms with Crippen LogP contribution in [0, 0.1) is 5.82 Å². The third-order valence-corrected chi connectivity index (χ3v) is 5.79. The van der Waals surface area contributed by atoms with Crippen LogP contribution in [0.15, 0.2) is 41.3 Å². The number of esters is 1. The van der Waals surface area contributed by atoms with Gasteiger partial charge in [0.15, 0.2) is 5.78 Å². The predicted octanol–water partition coefficient (Wildman–Crippen LogP) is 2.64. The second-order valence-corrected chi connectivity index (χ2v) is 8.24. The zero-order valence-electron chi connectivity index (χ0n) is 15.9. The lowest BCUT2D eigenvalue weighted by Crippen LogP contribution is -2.22. The van der Waals surface area contributed by atoms with Crippen LogP contribution in [0.1, 0.15) is 33.2 Å². The lowest BCUT2D eigenvalue weighted by Gasteiger charge is -2.13. The normalized spacial score (nSPS) is 11.4. The van der Waals surface area contributed by atoms with Gasteiger partial charge >= 0.3 is 5.97 Å². The van der Waals surface area contributed by atoms with Crippen molar-refractivity contribution in [2.75, 3.05) is 21.2 Å². The number of carbonyl (C=O) groups excluding carboxylic acids is 2. The largest absolute Gasteiger partial charge is 0.496 e. The van der Waals surface area contributed by atoms with Crippen molar-refractivity contribution < 1.29 is 31.9 Å². The number of carbonyl (C=O) groups is 2. The molecule has 0 aromatic heterocycles. The highest BCUT2D eigenvalue weighted by Gasteiger charge is 2.22. The summed E-state index contributed by atoms with van der Waals surface area (Å²) in [5, 5.41) is 0. The first-order valence-corrected chi connectivity index (χ1v) is 9.59. The molecule has 0 amide bonds. The Bertz CT molecular complexity index is 1020. The second kappa shape index (κ2) is 8.49. The van der Waals surface area contributed by atoms with E-state index in [1.807, 2.05) is 0 Å². The molecular formula is C19H20FNO6S. The lowest BCUT2D eigenvalue weighted by atomic mass is 10.1. The first-order valence-electron chi connectivity index (χ1n) is 8.15. The Morgan fingerprint density at radius 3 is 2.36 bits per heavy atom. The minimum Gasteiger partial charge on any atom is -0.496 e. The molecule has 0 saturated heterocycles. The number of Topliss-reactive ketones (excluding diaryl/α,β-unsaturated/α-hetero) is 1. The number of benzene rings is 2. The number of sulfonamides is 1. The molecule has 0 aliphatic rings. The highest BCUT2D eigenvalue weighted by molar-refractivity contribution is 7.89. The number of ketones is 1. The standard InChI is InChI=1S/C19H20FNO6S/c1-12(22)13-5-8-18(26-4)14(9-13)11-27-19(23)16-10-15(6-7-17(16)20)28(24,25)21(2)3/h5-10H,11H2,1-4H3. The Kier molecular flexibility index (Phi) is 6.52. The van der Waals surface area contributed by atoms with E-state index in [-0.39, 0.29) is 17.3 Å². The van der Waals surface area contributed by atoms with Gasteiger partial charge in [0.25, 0.3) is 0 Å². The summed E-state index contributed by atoms with van der Waals surface area (Å²) in [6, 6.07) is 7.53. The number of rotatable bonds is 7. The lowest BCUT2D eigenvalue weighted by molar-refractivity contribution is 0.0464. The van der Waals surface area contributed by atoms with Gasteiger partial charge in [-0.15, -0.1) is 0 Å². The van der Waals surface area contributed by atoms with E-state index in [0.717, 1.165) is 22.5 Å². The molecule has 0 bridgehead atoms. The van der Waals surface area contributed by atoms with Gasteiger partial charge in [-0.05, 0) is 43.3 Å². The second-order valence-electron chi connectivity index (χ2n) is 6.09. The Morgan fingerprint density at radius 1 is 1.11 bits per heavy atom. The van der Waals surface area contributed by atoms with Crippen LogP contribution in [-0.4, -0.2) is 45.7 Å².